The molecule has 5 nitrogen and oxygen atoms in total. The summed E-state index contributed by atoms with van der Waals surface area (Å²) in [5, 5.41) is 7.24. The highest BCUT2D eigenvalue weighted by Gasteiger charge is 2.24. The Balaban J connectivity index is 1.73. The van der Waals surface area contributed by atoms with Crippen molar-refractivity contribution in [1.29, 1.82) is 0 Å². The summed E-state index contributed by atoms with van der Waals surface area (Å²) in [5.74, 6) is -0.184. The molecular formula is C15H20N2O3. The minimum Gasteiger partial charge on any atom is -0.465 e. The summed E-state index contributed by atoms with van der Waals surface area (Å²) in [6, 6.07) is 9.68. The molecule has 1 heterocycles. The van der Waals surface area contributed by atoms with Crippen LogP contribution in [0.5, 0.6) is 0 Å². The predicted octanol–water partition coefficient (Wildman–Crippen LogP) is 1.87. The van der Waals surface area contributed by atoms with Crippen molar-refractivity contribution >= 4 is 11.7 Å². The van der Waals surface area contributed by atoms with Gasteiger partial charge in [-0.05, 0) is 25.3 Å². The molecule has 1 aliphatic heterocycles. The van der Waals surface area contributed by atoms with Gasteiger partial charge in [-0.2, -0.15) is 0 Å². The molecule has 1 fully saturated rings. The maximum Gasteiger partial charge on any atom is 0.323 e. The minimum absolute atomic E-state index is 0.184. The van der Waals surface area contributed by atoms with Crippen LogP contribution in [-0.4, -0.2) is 30.9 Å². The second-order valence-corrected chi connectivity index (χ2v) is 4.64. The lowest BCUT2D eigenvalue weighted by molar-refractivity contribution is -0.145. The molecule has 108 valence electrons. The van der Waals surface area contributed by atoms with Crippen molar-refractivity contribution in [2.24, 2.45) is 5.16 Å². The molecule has 0 radical (unpaired) electrons. The van der Waals surface area contributed by atoms with Crippen molar-refractivity contribution < 1.29 is 14.4 Å². The molecule has 1 saturated heterocycles. The first-order chi connectivity index (χ1) is 9.79. The maximum absolute atomic E-state index is 11.5. The maximum atomic E-state index is 11.5. The van der Waals surface area contributed by atoms with Crippen LogP contribution in [0.25, 0.3) is 0 Å². The molecule has 2 rings (SSSR count). The molecule has 0 spiro atoms. The van der Waals surface area contributed by atoms with E-state index in [0.717, 1.165) is 17.7 Å². The Labute approximate surface area is 118 Å². The Kier molecular flexibility index (Phi) is 5.55. The van der Waals surface area contributed by atoms with Gasteiger partial charge in [0.25, 0.3) is 0 Å². The second-order valence-electron chi connectivity index (χ2n) is 4.64. The number of carbonyl (C=O) groups is 1. The Morgan fingerprint density at radius 3 is 2.85 bits per heavy atom. The standard InChI is InChI=1S/C15H20N2O3/c1-2-19-15(18)14-9-8-13(10-16-14)17-20-11-12-6-4-3-5-7-12/h3-7,14,16H,2,8-11H2,1H3/b17-13+/t14-/m1/s1. The molecule has 1 aromatic rings. The van der Waals surface area contributed by atoms with Gasteiger partial charge in [-0.15, -0.1) is 0 Å². The quantitative estimate of drug-likeness (QED) is 0.659. The first-order valence-corrected chi connectivity index (χ1v) is 6.91. The van der Waals surface area contributed by atoms with E-state index in [1.54, 1.807) is 0 Å². The fourth-order valence-corrected chi connectivity index (χ4v) is 2.04. The first-order valence-electron chi connectivity index (χ1n) is 6.91. The Bertz CT molecular complexity index is 449. The topological polar surface area (TPSA) is 59.9 Å². The summed E-state index contributed by atoms with van der Waals surface area (Å²) in [5.41, 5.74) is 2.02. The third-order valence-corrected chi connectivity index (χ3v) is 3.11. The van der Waals surface area contributed by atoms with Crippen molar-refractivity contribution in [1.82, 2.24) is 5.32 Å². The number of benzene rings is 1. The highest BCUT2D eigenvalue weighted by atomic mass is 16.6. The van der Waals surface area contributed by atoms with E-state index in [1.165, 1.54) is 0 Å². The van der Waals surface area contributed by atoms with Crippen molar-refractivity contribution in [3.63, 3.8) is 0 Å². The number of esters is 1. The second kappa shape index (κ2) is 7.65. The lowest BCUT2D eigenvalue weighted by atomic mass is 10.0. The van der Waals surface area contributed by atoms with Crippen LogP contribution in [0.3, 0.4) is 0 Å². The van der Waals surface area contributed by atoms with E-state index in [0.29, 0.717) is 26.2 Å². The van der Waals surface area contributed by atoms with Crippen LogP contribution in [0.15, 0.2) is 35.5 Å². The highest BCUT2D eigenvalue weighted by Crippen LogP contribution is 2.08. The molecule has 20 heavy (non-hydrogen) atoms. The van der Waals surface area contributed by atoms with Gasteiger partial charge in [0.15, 0.2) is 0 Å². The third-order valence-electron chi connectivity index (χ3n) is 3.11. The molecule has 0 unspecified atom stereocenters. The van der Waals surface area contributed by atoms with Gasteiger partial charge in [0.1, 0.15) is 12.6 Å². The Hall–Kier alpha value is -1.88. The SMILES string of the molecule is CCOC(=O)[C@H]1CC/C(=N\OCc2ccccc2)CN1. The van der Waals surface area contributed by atoms with Crippen LogP contribution in [0, 0.1) is 0 Å². The number of oxime groups is 1. The van der Waals surface area contributed by atoms with Gasteiger partial charge in [-0.25, -0.2) is 0 Å². The van der Waals surface area contributed by atoms with E-state index in [2.05, 4.69) is 10.5 Å². The van der Waals surface area contributed by atoms with E-state index >= 15 is 0 Å². The zero-order valence-corrected chi connectivity index (χ0v) is 11.7. The van der Waals surface area contributed by atoms with Gasteiger partial charge < -0.3 is 9.57 Å². The molecule has 1 N–H and O–H groups in total. The molecule has 0 amide bonds. The average Bonchev–Trinajstić information content (AvgIpc) is 2.49. The Morgan fingerprint density at radius 2 is 2.20 bits per heavy atom. The van der Waals surface area contributed by atoms with Gasteiger partial charge in [0.05, 0.1) is 12.3 Å². The summed E-state index contributed by atoms with van der Waals surface area (Å²) in [6.07, 6.45) is 1.46. The zero-order chi connectivity index (χ0) is 14.2. The van der Waals surface area contributed by atoms with Crippen LogP contribution >= 0.6 is 0 Å². The van der Waals surface area contributed by atoms with Crippen LogP contribution in [0.1, 0.15) is 25.3 Å². The van der Waals surface area contributed by atoms with E-state index in [-0.39, 0.29) is 12.0 Å². The molecule has 1 aliphatic rings. The lowest BCUT2D eigenvalue weighted by Gasteiger charge is -2.22. The number of nitrogens with one attached hydrogen (secondary N) is 1. The first kappa shape index (κ1) is 14.5. The Morgan fingerprint density at radius 1 is 1.40 bits per heavy atom. The molecule has 0 aromatic heterocycles. The van der Waals surface area contributed by atoms with Crippen LogP contribution in [-0.2, 0) is 21.0 Å². The van der Waals surface area contributed by atoms with Crippen LogP contribution in [0.2, 0.25) is 0 Å². The van der Waals surface area contributed by atoms with Gasteiger partial charge in [0.2, 0.25) is 0 Å². The monoisotopic (exact) mass is 276 g/mol. The molecule has 5 heteroatoms. The number of nitrogens with zero attached hydrogens (tertiary/aromatic N) is 1. The number of rotatable bonds is 5. The van der Waals surface area contributed by atoms with Gasteiger partial charge in [-0.3, -0.25) is 10.1 Å². The molecule has 1 aromatic carbocycles. The van der Waals surface area contributed by atoms with Crippen molar-refractivity contribution in [2.45, 2.75) is 32.4 Å². The normalized spacial score (nSPS) is 20.6. The van der Waals surface area contributed by atoms with Crippen molar-refractivity contribution in [3.05, 3.63) is 35.9 Å². The molecule has 1 atom stereocenters. The molecular weight excluding hydrogens is 256 g/mol. The van der Waals surface area contributed by atoms with Gasteiger partial charge >= 0.3 is 5.97 Å². The summed E-state index contributed by atoms with van der Waals surface area (Å²) in [4.78, 5) is 16.9. The van der Waals surface area contributed by atoms with Gasteiger partial charge in [0, 0.05) is 6.54 Å². The average molecular weight is 276 g/mol. The van der Waals surface area contributed by atoms with E-state index < -0.39 is 0 Å². The van der Waals surface area contributed by atoms with E-state index in [1.807, 2.05) is 37.3 Å². The van der Waals surface area contributed by atoms with E-state index in [9.17, 15) is 4.79 Å². The third kappa shape index (κ3) is 4.35. The fourth-order valence-electron chi connectivity index (χ4n) is 2.04. The molecule has 0 saturated carbocycles. The summed E-state index contributed by atoms with van der Waals surface area (Å²) >= 11 is 0. The summed E-state index contributed by atoms with van der Waals surface area (Å²) in [7, 11) is 0. The van der Waals surface area contributed by atoms with Crippen molar-refractivity contribution in [2.75, 3.05) is 13.2 Å². The largest absolute Gasteiger partial charge is 0.465 e. The predicted molar refractivity (Wildman–Crippen MR) is 76.3 cm³/mol. The minimum atomic E-state index is -0.219. The summed E-state index contributed by atoms with van der Waals surface area (Å²) in [6.45, 7) is 3.26. The highest BCUT2D eigenvalue weighted by molar-refractivity contribution is 5.89. The number of ether oxygens (including phenoxy) is 1. The number of piperidine rings is 1. The molecule has 0 aliphatic carbocycles. The van der Waals surface area contributed by atoms with Crippen LogP contribution < -0.4 is 5.32 Å². The number of hydrogen-bond donors (Lipinski definition) is 1. The fraction of sp³-hybridized carbons (Fsp3) is 0.467. The van der Waals surface area contributed by atoms with E-state index in [4.69, 9.17) is 9.57 Å². The van der Waals surface area contributed by atoms with Crippen LogP contribution in [0.4, 0.5) is 0 Å². The van der Waals surface area contributed by atoms with Gasteiger partial charge in [-0.1, -0.05) is 35.5 Å². The van der Waals surface area contributed by atoms with Crippen molar-refractivity contribution in [3.8, 4) is 0 Å². The number of carbonyl (C=O) groups excluding carboxylic acids is 1. The summed E-state index contributed by atoms with van der Waals surface area (Å²) < 4.78 is 4.98. The zero-order valence-electron chi connectivity index (χ0n) is 11.7. The number of hydrogen-bond acceptors (Lipinski definition) is 5. The lowest BCUT2D eigenvalue weighted by Crippen LogP contribution is -2.45. The molecule has 0 bridgehead atoms. The smallest absolute Gasteiger partial charge is 0.323 e.